The molecule has 19 heavy (non-hydrogen) atoms. The zero-order valence-electron chi connectivity index (χ0n) is 10.6. The summed E-state index contributed by atoms with van der Waals surface area (Å²) >= 11 is 3.34. The highest BCUT2D eigenvalue weighted by Crippen LogP contribution is 2.28. The van der Waals surface area contributed by atoms with Crippen LogP contribution in [0.3, 0.4) is 0 Å². The smallest absolute Gasteiger partial charge is 0.245 e. The third-order valence-corrected chi connectivity index (χ3v) is 4.26. The fourth-order valence-electron chi connectivity index (χ4n) is 2.26. The molecule has 7 heteroatoms. The van der Waals surface area contributed by atoms with Crippen LogP contribution in [0.5, 0.6) is 0 Å². The number of aromatic nitrogens is 3. The number of rotatable bonds is 2. The SMILES string of the molecule is CC1CCN(c2n[nH]c(-c3ccoc3Br)n2)CC1N. The van der Waals surface area contributed by atoms with E-state index in [0.717, 1.165) is 25.1 Å². The molecule has 0 spiro atoms. The Kier molecular flexibility index (Phi) is 3.32. The van der Waals surface area contributed by atoms with Crippen LogP contribution in [0.25, 0.3) is 11.4 Å². The predicted molar refractivity (Wildman–Crippen MR) is 75.8 cm³/mol. The van der Waals surface area contributed by atoms with Gasteiger partial charge in [0.25, 0.3) is 0 Å². The lowest BCUT2D eigenvalue weighted by Gasteiger charge is -2.34. The van der Waals surface area contributed by atoms with Gasteiger partial charge in [0.1, 0.15) is 0 Å². The summed E-state index contributed by atoms with van der Waals surface area (Å²) in [4.78, 5) is 6.63. The molecule has 3 heterocycles. The van der Waals surface area contributed by atoms with Crippen molar-refractivity contribution in [3.8, 4) is 11.4 Å². The Morgan fingerprint density at radius 2 is 2.42 bits per heavy atom. The number of hydrogen-bond donors (Lipinski definition) is 2. The highest BCUT2D eigenvalue weighted by molar-refractivity contribution is 9.10. The van der Waals surface area contributed by atoms with Crippen LogP contribution in [0.2, 0.25) is 0 Å². The average Bonchev–Trinajstić information content (AvgIpc) is 3.01. The van der Waals surface area contributed by atoms with E-state index in [0.29, 0.717) is 22.4 Å². The van der Waals surface area contributed by atoms with E-state index in [1.807, 2.05) is 6.07 Å². The molecule has 1 saturated heterocycles. The maximum Gasteiger partial charge on any atom is 0.245 e. The van der Waals surface area contributed by atoms with Crippen LogP contribution in [0.15, 0.2) is 21.4 Å². The summed E-state index contributed by atoms with van der Waals surface area (Å²) in [7, 11) is 0. The minimum absolute atomic E-state index is 0.177. The van der Waals surface area contributed by atoms with Gasteiger partial charge in [-0.25, -0.2) is 0 Å². The standard InChI is InChI=1S/C12H16BrN5O/c1-7-2-4-18(6-9(7)14)12-15-11(16-17-12)8-3-5-19-10(8)13/h3,5,7,9H,2,4,6,14H2,1H3,(H,15,16,17). The lowest BCUT2D eigenvalue weighted by atomic mass is 9.95. The Morgan fingerprint density at radius 1 is 1.58 bits per heavy atom. The molecule has 3 rings (SSSR count). The first-order chi connectivity index (χ1) is 9.15. The molecule has 6 nitrogen and oxygen atoms in total. The topological polar surface area (TPSA) is 84.0 Å². The van der Waals surface area contributed by atoms with E-state index < -0.39 is 0 Å². The van der Waals surface area contributed by atoms with E-state index in [4.69, 9.17) is 10.2 Å². The Morgan fingerprint density at radius 3 is 3.11 bits per heavy atom. The molecule has 2 atom stereocenters. The van der Waals surface area contributed by atoms with Crippen LogP contribution < -0.4 is 10.6 Å². The Bertz CT molecular complexity index is 566. The normalized spacial score (nSPS) is 23.8. The fourth-order valence-corrected chi connectivity index (χ4v) is 2.69. The van der Waals surface area contributed by atoms with Crippen molar-refractivity contribution in [3.05, 3.63) is 17.0 Å². The van der Waals surface area contributed by atoms with E-state index >= 15 is 0 Å². The largest absolute Gasteiger partial charge is 0.457 e. The van der Waals surface area contributed by atoms with Crippen molar-refractivity contribution in [2.45, 2.75) is 19.4 Å². The monoisotopic (exact) mass is 325 g/mol. The van der Waals surface area contributed by atoms with Crippen LogP contribution in [-0.2, 0) is 0 Å². The summed E-state index contributed by atoms with van der Waals surface area (Å²) < 4.78 is 5.85. The summed E-state index contributed by atoms with van der Waals surface area (Å²) in [5, 5.41) is 7.21. The van der Waals surface area contributed by atoms with Gasteiger partial charge < -0.3 is 15.1 Å². The molecule has 3 N–H and O–H groups in total. The minimum Gasteiger partial charge on any atom is -0.457 e. The first-order valence-electron chi connectivity index (χ1n) is 6.31. The van der Waals surface area contributed by atoms with Crippen molar-refractivity contribution in [3.63, 3.8) is 0 Å². The van der Waals surface area contributed by atoms with Crippen LogP contribution in [0.1, 0.15) is 13.3 Å². The minimum atomic E-state index is 0.177. The average molecular weight is 326 g/mol. The molecule has 2 unspecified atom stereocenters. The number of hydrogen-bond acceptors (Lipinski definition) is 5. The first kappa shape index (κ1) is 12.7. The quantitative estimate of drug-likeness (QED) is 0.882. The molecule has 0 aromatic carbocycles. The van der Waals surface area contributed by atoms with Crippen molar-refractivity contribution in [2.75, 3.05) is 18.0 Å². The number of H-pyrrole nitrogens is 1. The number of nitrogens with zero attached hydrogens (tertiary/aromatic N) is 3. The lowest BCUT2D eigenvalue weighted by Crippen LogP contribution is -2.48. The third kappa shape index (κ3) is 2.40. The maximum atomic E-state index is 6.10. The van der Waals surface area contributed by atoms with Gasteiger partial charge in [-0.3, -0.25) is 5.10 Å². The Hall–Kier alpha value is -1.34. The summed E-state index contributed by atoms with van der Waals surface area (Å²) in [5.41, 5.74) is 6.97. The molecule has 1 aliphatic rings. The molecule has 102 valence electrons. The van der Waals surface area contributed by atoms with Gasteiger partial charge in [0.05, 0.1) is 11.8 Å². The second kappa shape index (κ2) is 4.97. The zero-order valence-corrected chi connectivity index (χ0v) is 12.2. The predicted octanol–water partition coefficient (Wildman–Crippen LogP) is 2.00. The van der Waals surface area contributed by atoms with Crippen molar-refractivity contribution in [2.24, 2.45) is 11.7 Å². The Labute approximate surface area is 119 Å². The number of piperidine rings is 1. The van der Waals surface area contributed by atoms with Gasteiger partial charge in [-0.05, 0) is 34.3 Å². The number of halogens is 1. The van der Waals surface area contributed by atoms with Gasteiger partial charge >= 0.3 is 0 Å². The molecule has 0 radical (unpaired) electrons. The number of anilines is 1. The van der Waals surface area contributed by atoms with E-state index in [9.17, 15) is 0 Å². The molecular weight excluding hydrogens is 310 g/mol. The second-order valence-corrected chi connectivity index (χ2v) is 5.69. The molecule has 0 bridgehead atoms. The van der Waals surface area contributed by atoms with Crippen LogP contribution >= 0.6 is 15.9 Å². The van der Waals surface area contributed by atoms with Crippen molar-refractivity contribution in [1.82, 2.24) is 15.2 Å². The number of aromatic amines is 1. The molecular formula is C12H16BrN5O. The highest BCUT2D eigenvalue weighted by atomic mass is 79.9. The van der Waals surface area contributed by atoms with Crippen LogP contribution in [0, 0.1) is 5.92 Å². The van der Waals surface area contributed by atoms with Crippen molar-refractivity contribution < 1.29 is 4.42 Å². The molecule has 0 saturated carbocycles. The molecule has 2 aromatic heterocycles. The second-order valence-electron chi connectivity index (χ2n) is 4.97. The number of furan rings is 1. The lowest BCUT2D eigenvalue weighted by molar-refractivity contribution is 0.376. The van der Waals surface area contributed by atoms with E-state index in [2.05, 4.69) is 42.9 Å². The van der Waals surface area contributed by atoms with E-state index in [1.54, 1.807) is 6.26 Å². The summed E-state index contributed by atoms with van der Waals surface area (Å²) in [6, 6.07) is 2.02. The van der Waals surface area contributed by atoms with Gasteiger partial charge in [0.2, 0.25) is 5.95 Å². The summed E-state index contributed by atoms with van der Waals surface area (Å²) in [6.45, 7) is 3.93. The van der Waals surface area contributed by atoms with Gasteiger partial charge in [0, 0.05) is 19.1 Å². The van der Waals surface area contributed by atoms with Gasteiger partial charge in [-0.15, -0.1) is 5.10 Å². The van der Waals surface area contributed by atoms with E-state index in [-0.39, 0.29) is 6.04 Å². The summed E-state index contributed by atoms with van der Waals surface area (Å²) in [5.74, 6) is 1.95. The first-order valence-corrected chi connectivity index (χ1v) is 7.10. The highest BCUT2D eigenvalue weighted by Gasteiger charge is 2.25. The molecule has 0 aliphatic carbocycles. The zero-order chi connectivity index (χ0) is 13.4. The van der Waals surface area contributed by atoms with Crippen molar-refractivity contribution in [1.29, 1.82) is 0 Å². The molecule has 1 aliphatic heterocycles. The maximum absolute atomic E-state index is 6.10. The Balaban J connectivity index is 1.80. The third-order valence-electron chi connectivity index (χ3n) is 3.65. The molecule has 2 aromatic rings. The fraction of sp³-hybridized carbons (Fsp3) is 0.500. The van der Waals surface area contributed by atoms with Crippen LogP contribution in [0.4, 0.5) is 5.95 Å². The van der Waals surface area contributed by atoms with Crippen LogP contribution in [-0.4, -0.2) is 34.3 Å². The van der Waals surface area contributed by atoms with E-state index in [1.165, 1.54) is 0 Å². The number of nitrogens with one attached hydrogen (secondary N) is 1. The van der Waals surface area contributed by atoms with Gasteiger partial charge in [-0.2, -0.15) is 4.98 Å². The molecule has 1 fully saturated rings. The molecule has 0 amide bonds. The van der Waals surface area contributed by atoms with Crippen molar-refractivity contribution >= 4 is 21.9 Å². The summed E-state index contributed by atoms with van der Waals surface area (Å²) in [6.07, 6.45) is 2.68. The number of nitrogens with two attached hydrogens (primary N) is 1. The van der Waals surface area contributed by atoms with Gasteiger partial charge in [-0.1, -0.05) is 6.92 Å². The van der Waals surface area contributed by atoms with Gasteiger partial charge in [0.15, 0.2) is 10.5 Å².